The number of ketones is 2. The summed E-state index contributed by atoms with van der Waals surface area (Å²) in [7, 11) is 0. The van der Waals surface area contributed by atoms with Crippen LogP contribution in [0.5, 0.6) is 0 Å². The summed E-state index contributed by atoms with van der Waals surface area (Å²) in [6.45, 7) is 1.96. The maximum absolute atomic E-state index is 11.8. The lowest BCUT2D eigenvalue weighted by atomic mass is 9.64. The van der Waals surface area contributed by atoms with Crippen molar-refractivity contribution in [2.45, 2.75) is 45.4 Å². The Morgan fingerprint density at radius 2 is 2.07 bits per heavy atom. The van der Waals surface area contributed by atoms with Crippen LogP contribution in [0.25, 0.3) is 0 Å². The number of hydrogen-bond donors (Lipinski definition) is 0. The number of carbonyl (C=O) groups is 2. The molecule has 0 aromatic heterocycles. The number of carbonyl (C=O) groups excluding carboxylic acids is 2. The normalized spacial score (nSPS) is 39.7. The fourth-order valence-electron chi connectivity index (χ4n) is 3.85. The van der Waals surface area contributed by atoms with Crippen molar-refractivity contribution in [2.75, 3.05) is 0 Å². The Hall–Kier alpha value is -0.920. The number of allylic oxidation sites excluding steroid dienone is 2. The van der Waals surface area contributed by atoms with Gasteiger partial charge in [-0.3, -0.25) is 9.59 Å². The van der Waals surface area contributed by atoms with Crippen LogP contribution in [-0.2, 0) is 9.59 Å². The highest BCUT2D eigenvalue weighted by Gasteiger charge is 2.51. The smallest absolute Gasteiger partial charge is 0.158 e. The van der Waals surface area contributed by atoms with Gasteiger partial charge < -0.3 is 0 Å². The van der Waals surface area contributed by atoms with Gasteiger partial charge in [0.25, 0.3) is 0 Å². The fourth-order valence-corrected chi connectivity index (χ4v) is 3.85. The van der Waals surface area contributed by atoms with Gasteiger partial charge >= 0.3 is 0 Å². The molecule has 3 rings (SSSR count). The van der Waals surface area contributed by atoms with Crippen molar-refractivity contribution in [2.24, 2.45) is 11.3 Å². The Morgan fingerprint density at radius 1 is 1.27 bits per heavy atom. The van der Waals surface area contributed by atoms with E-state index in [4.69, 9.17) is 0 Å². The number of rotatable bonds is 0. The van der Waals surface area contributed by atoms with Crippen molar-refractivity contribution in [3.8, 4) is 0 Å². The zero-order valence-electron chi connectivity index (χ0n) is 9.14. The van der Waals surface area contributed by atoms with Gasteiger partial charge in [0.05, 0.1) is 0 Å². The van der Waals surface area contributed by atoms with E-state index in [2.05, 4.69) is 0 Å². The van der Waals surface area contributed by atoms with Gasteiger partial charge in [0.15, 0.2) is 5.78 Å². The Morgan fingerprint density at radius 3 is 2.87 bits per heavy atom. The van der Waals surface area contributed by atoms with Gasteiger partial charge in [-0.1, -0.05) is 5.57 Å². The zero-order valence-corrected chi connectivity index (χ0v) is 9.14. The summed E-state index contributed by atoms with van der Waals surface area (Å²) in [4.78, 5) is 23.4. The van der Waals surface area contributed by atoms with E-state index in [-0.39, 0.29) is 5.41 Å². The monoisotopic (exact) mass is 204 g/mol. The lowest BCUT2D eigenvalue weighted by Gasteiger charge is -2.39. The van der Waals surface area contributed by atoms with E-state index in [1.807, 2.05) is 6.92 Å². The van der Waals surface area contributed by atoms with Gasteiger partial charge in [-0.15, -0.1) is 0 Å². The van der Waals surface area contributed by atoms with Crippen molar-refractivity contribution in [3.05, 3.63) is 11.1 Å². The molecule has 0 saturated heterocycles. The second-order valence-corrected chi connectivity index (χ2v) is 5.39. The third kappa shape index (κ3) is 1.11. The predicted molar refractivity (Wildman–Crippen MR) is 56.3 cm³/mol. The lowest BCUT2D eigenvalue weighted by molar-refractivity contribution is -0.121. The van der Waals surface area contributed by atoms with Crippen molar-refractivity contribution in [3.63, 3.8) is 0 Å². The van der Waals surface area contributed by atoms with Crippen LogP contribution in [0.3, 0.4) is 0 Å². The Bertz CT molecular complexity index is 391. The van der Waals surface area contributed by atoms with Gasteiger partial charge in [0.1, 0.15) is 5.78 Å². The van der Waals surface area contributed by atoms with Crippen LogP contribution in [0.2, 0.25) is 0 Å². The lowest BCUT2D eigenvalue weighted by Crippen LogP contribution is -2.31. The quantitative estimate of drug-likeness (QED) is 0.607. The van der Waals surface area contributed by atoms with Crippen molar-refractivity contribution < 1.29 is 9.59 Å². The molecular weight excluding hydrogens is 188 g/mol. The summed E-state index contributed by atoms with van der Waals surface area (Å²) in [6, 6.07) is 0. The third-order valence-corrected chi connectivity index (χ3v) is 4.69. The number of hydrogen-bond acceptors (Lipinski definition) is 2. The SMILES string of the molecule is CC1=C2CCC3CC2(CCC1=O)CC3=O. The minimum absolute atomic E-state index is 0.123. The molecule has 0 amide bonds. The molecule has 0 heterocycles. The third-order valence-electron chi connectivity index (χ3n) is 4.69. The molecule has 0 N–H and O–H groups in total. The highest BCUT2D eigenvalue weighted by atomic mass is 16.1. The molecule has 15 heavy (non-hydrogen) atoms. The summed E-state index contributed by atoms with van der Waals surface area (Å²) in [6.07, 6.45) is 5.33. The molecule has 0 aliphatic heterocycles. The van der Waals surface area contributed by atoms with Crippen molar-refractivity contribution in [1.29, 1.82) is 0 Å². The largest absolute Gasteiger partial charge is 0.299 e. The van der Waals surface area contributed by atoms with Crippen LogP contribution in [-0.4, -0.2) is 11.6 Å². The van der Waals surface area contributed by atoms with Crippen LogP contribution < -0.4 is 0 Å². The van der Waals surface area contributed by atoms with Gasteiger partial charge in [0, 0.05) is 18.8 Å². The maximum atomic E-state index is 11.8. The van der Waals surface area contributed by atoms with E-state index in [1.54, 1.807) is 0 Å². The van der Waals surface area contributed by atoms with Crippen molar-refractivity contribution >= 4 is 11.6 Å². The first kappa shape index (κ1) is 9.32. The molecule has 3 aliphatic rings. The average Bonchev–Trinajstić information content (AvgIpc) is 2.46. The Labute approximate surface area is 89.7 Å². The van der Waals surface area contributed by atoms with Crippen LogP contribution in [0.1, 0.15) is 45.4 Å². The standard InChI is InChI=1S/C13H16O2/c1-8-10-3-2-9-6-13(10,7-12(9)15)5-4-11(8)14/h9H,2-7H2,1H3. The highest BCUT2D eigenvalue weighted by molar-refractivity contribution is 5.98. The molecule has 2 atom stereocenters. The van der Waals surface area contributed by atoms with Gasteiger partial charge in [0.2, 0.25) is 0 Å². The van der Waals surface area contributed by atoms with E-state index in [1.165, 1.54) is 5.57 Å². The molecule has 2 nitrogen and oxygen atoms in total. The predicted octanol–water partition coefficient (Wildman–Crippen LogP) is 2.43. The summed E-state index contributed by atoms with van der Waals surface area (Å²) < 4.78 is 0. The molecule has 80 valence electrons. The molecule has 1 spiro atoms. The Balaban J connectivity index is 2.11. The van der Waals surface area contributed by atoms with Crippen LogP contribution in [0, 0.1) is 11.3 Å². The number of Topliss-reactive ketones (excluding diaryl/α,β-unsaturated/α-hetero) is 2. The van der Waals surface area contributed by atoms with Gasteiger partial charge in [-0.2, -0.15) is 0 Å². The summed E-state index contributed by atoms with van der Waals surface area (Å²) in [5.74, 6) is 1.08. The van der Waals surface area contributed by atoms with Crippen LogP contribution >= 0.6 is 0 Å². The summed E-state index contributed by atoms with van der Waals surface area (Å²) in [5, 5.41) is 0. The molecule has 2 unspecified atom stereocenters. The molecule has 2 heteroatoms. The molecular formula is C13H16O2. The second kappa shape index (κ2) is 2.81. The Kier molecular flexibility index (Phi) is 1.74. The van der Waals surface area contributed by atoms with Crippen LogP contribution in [0.15, 0.2) is 11.1 Å². The average molecular weight is 204 g/mol. The van der Waals surface area contributed by atoms with E-state index in [0.717, 1.165) is 37.7 Å². The molecule has 0 aromatic rings. The second-order valence-electron chi connectivity index (χ2n) is 5.39. The van der Waals surface area contributed by atoms with Gasteiger partial charge in [-0.05, 0) is 43.6 Å². The van der Waals surface area contributed by atoms with Gasteiger partial charge in [-0.25, -0.2) is 0 Å². The first-order valence-electron chi connectivity index (χ1n) is 5.88. The minimum atomic E-state index is 0.123. The number of fused-ring (bicyclic) bond motifs is 1. The zero-order chi connectivity index (χ0) is 10.6. The fraction of sp³-hybridized carbons (Fsp3) is 0.692. The van der Waals surface area contributed by atoms with Crippen molar-refractivity contribution in [1.82, 2.24) is 0 Å². The first-order valence-corrected chi connectivity index (χ1v) is 5.88. The summed E-state index contributed by atoms with van der Waals surface area (Å²) in [5.41, 5.74) is 2.44. The minimum Gasteiger partial charge on any atom is -0.299 e. The highest BCUT2D eigenvalue weighted by Crippen LogP contribution is 2.57. The van der Waals surface area contributed by atoms with Crippen LogP contribution in [0.4, 0.5) is 0 Å². The molecule has 2 bridgehead atoms. The molecule has 2 saturated carbocycles. The first-order chi connectivity index (χ1) is 7.12. The summed E-state index contributed by atoms with van der Waals surface area (Å²) >= 11 is 0. The van der Waals surface area contributed by atoms with E-state index in [0.29, 0.717) is 23.9 Å². The molecule has 0 aromatic carbocycles. The molecule has 0 radical (unpaired) electrons. The van der Waals surface area contributed by atoms with E-state index in [9.17, 15) is 9.59 Å². The van der Waals surface area contributed by atoms with E-state index >= 15 is 0 Å². The molecule has 2 fully saturated rings. The molecule has 3 aliphatic carbocycles. The van der Waals surface area contributed by atoms with E-state index < -0.39 is 0 Å². The topological polar surface area (TPSA) is 34.1 Å². The maximum Gasteiger partial charge on any atom is 0.158 e.